The highest BCUT2D eigenvalue weighted by Gasteiger charge is 2.51. The summed E-state index contributed by atoms with van der Waals surface area (Å²) in [6.45, 7) is 2.79. The Hall–Kier alpha value is -1.79. The van der Waals surface area contributed by atoms with E-state index < -0.39 is 86.8 Å². The van der Waals surface area contributed by atoms with E-state index in [1.54, 1.807) is 6.08 Å². The molecular weight excluding hydrogens is 931 g/mol. The summed E-state index contributed by atoms with van der Waals surface area (Å²) in [7, 11) is 0. The van der Waals surface area contributed by atoms with Gasteiger partial charge in [-0.1, -0.05) is 224 Å². The van der Waals surface area contributed by atoms with Crippen LogP contribution in [0.25, 0.3) is 0 Å². The highest BCUT2D eigenvalue weighted by molar-refractivity contribution is 5.76. The average molecular weight is 1040 g/mol. The fraction of sp³-hybridized carbons (Fsp3) is 0.881. The standard InChI is InChI=1S/C59H109NO13/c1-3-5-7-9-11-13-15-17-19-21-22-23-24-25-27-28-30-32-34-36-38-40-42-48(63)47(60-51(64)43-41-39-37-35-33-31-29-26-20-18-16-14-12-10-8-6-4-2)46-70-58-56(69)54(67)57(50(45-62)72-58)73-59-55(68)53(66)52(65)49(44-61)71-59/h25,27,32,34,40,42,47-50,52-59,61-63,65-69H,3-24,26,28-31,33,35-39,41,43-46H2,1-2H3,(H,60,64)/b27-25+,34-32+,42-40+. The van der Waals surface area contributed by atoms with Crippen molar-refractivity contribution in [1.29, 1.82) is 0 Å². The topological polar surface area (TPSA) is 228 Å². The molecule has 12 atom stereocenters. The molecule has 0 aromatic carbocycles. The van der Waals surface area contributed by atoms with Crippen molar-refractivity contribution < 1.29 is 64.6 Å². The quantitative estimate of drug-likeness (QED) is 0.0205. The number of rotatable bonds is 47. The molecule has 14 nitrogen and oxygen atoms in total. The van der Waals surface area contributed by atoms with E-state index in [1.807, 2.05) is 6.08 Å². The molecule has 0 aromatic heterocycles. The minimum atomic E-state index is -1.79. The summed E-state index contributed by atoms with van der Waals surface area (Å²) in [5.74, 6) is -0.251. The number of ether oxygens (including phenoxy) is 4. The van der Waals surface area contributed by atoms with Crippen LogP contribution in [0.15, 0.2) is 36.5 Å². The number of unbranched alkanes of at least 4 members (excludes halogenated alkanes) is 30. The maximum atomic E-state index is 13.2. The molecule has 9 N–H and O–H groups in total. The number of carbonyl (C=O) groups is 1. The zero-order chi connectivity index (χ0) is 53.2. The monoisotopic (exact) mass is 1040 g/mol. The van der Waals surface area contributed by atoms with E-state index in [-0.39, 0.29) is 18.9 Å². The van der Waals surface area contributed by atoms with Gasteiger partial charge in [0.2, 0.25) is 5.91 Å². The van der Waals surface area contributed by atoms with Gasteiger partial charge in [0.25, 0.3) is 0 Å². The van der Waals surface area contributed by atoms with Gasteiger partial charge in [0, 0.05) is 6.42 Å². The van der Waals surface area contributed by atoms with Gasteiger partial charge in [-0.25, -0.2) is 0 Å². The third-order valence-corrected chi connectivity index (χ3v) is 14.6. The van der Waals surface area contributed by atoms with Gasteiger partial charge < -0.3 is 65.1 Å². The summed E-state index contributed by atoms with van der Waals surface area (Å²) in [5, 5.41) is 87.0. The lowest BCUT2D eigenvalue weighted by molar-refractivity contribution is -0.359. The van der Waals surface area contributed by atoms with Gasteiger partial charge in [-0.05, 0) is 44.9 Å². The minimum Gasteiger partial charge on any atom is -0.394 e. The van der Waals surface area contributed by atoms with E-state index in [2.05, 4.69) is 43.5 Å². The Morgan fingerprint density at radius 1 is 0.479 bits per heavy atom. The minimum absolute atomic E-state index is 0.251. The van der Waals surface area contributed by atoms with Gasteiger partial charge in [0.15, 0.2) is 12.6 Å². The Morgan fingerprint density at radius 2 is 0.877 bits per heavy atom. The molecule has 12 unspecified atom stereocenters. The molecule has 0 spiro atoms. The van der Waals surface area contributed by atoms with Crippen molar-refractivity contribution in [2.75, 3.05) is 19.8 Å². The van der Waals surface area contributed by atoms with Crippen LogP contribution in [-0.4, -0.2) is 140 Å². The summed E-state index contributed by atoms with van der Waals surface area (Å²) in [6.07, 6.45) is 37.5. The molecule has 2 rings (SSSR count). The van der Waals surface area contributed by atoms with Crippen molar-refractivity contribution in [2.45, 2.75) is 312 Å². The first-order chi connectivity index (χ1) is 35.6. The maximum absolute atomic E-state index is 13.2. The van der Waals surface area contributed by atoms with Crippen LogP contribution in [0.4, 0.5) is 0 Å². The lowest BCUT2D eigenvalue weighted by Gasteiger charge is -2.46. The number of aliphatic hydroxyl groups is 8. The van der Waals surface area contributed by atoms with Crippen LogP contribution in [0.5, 0.6) is 0 Å². The zero-order valence-electron chi connectivity index (χ0n) is 45.9. The molecule has 2 saturated heterocycles. The molecule has 428 valence electrons. The number of hydrogen-bond donors (Lipinski definition) is 9. The lowest BCUT2D eigenvalue weighted by atomic mass is 9.97. The van der Waals surface area contributed by atoms with E-state index in [0.29, 0.717) is 12.8 Å². The van der Waals surface area contributed by atoms with Crippen LogP contribution in [0, 0.1) is 0 Å². The number of nitrogens with one attached hydrogen (secondary N) is 1. The molecule has 2 aliphatic rings. The molecule has 2 heterocycles. The van der Waals surface area contributed by atoms with E-state index in [4.69, 9.17) is 18.9 Å². The van der Waals surface area contributed by atoms with E-state index in [9.17, 15) is 45.6 Å². The van der Waals surface area contributed by atoms with Gasteiger partial charge in [-0.3, -0.25) is 4.79 Å². The SMILES string of the molecule is CCCCCCCCCCCCCC/C=C/CC/C=C/CC/C=C/C(O)C(COC1OC(CO)C(OC2OC(CO)C(O)C(O)C2O)C(O)C1O)NC(=O)CCCCCCCCCCCCCCCCCCC. The predicted octanol–water partition coefficient (Wildman–Crippen LogP) is 9.83. The average Bonchev–Trinajstić information content (AvgIpc) is 3.39. The van der Waals surface area contributed by atoms with Gasteiger partial charge in [0.1, 0.15) is 48.8 Å². The molecule has 0 saturated carbocycles. The number of aliphatic hydroxyl groups excluding tert-OH is 8. The molecule has 73 heavy (non-hydrogen) atoms. The van der Waals surface area contributed by atoms with Crippen molar-refractivity contribution >= 4 is 5.91 Å². The summed E-state index contributed by atoms with van der Waals surface area (Å²) in [6, 6.07) is -0.935. The summed E-state index contributed by atoms with van der Waals surface area (Å²) in [4.78, 5) is 13.2. The van der Waals surface area contributed by atoms with E-state index in [0.717, 1.165) is 44.9 Å². The second kappa shape index (κ2) is 45.3. The number of amides is 1. The second-order valence-corrected chi connectivity index (χ2v) is 21.1. The Kier molecular flexibility index (Phi) is 41.7. The molecule has 2 aliphatic heterocycles. The van der Waals surface area contributed by atoms with E-state index in [1.165, 1.54) is 161 Å². The number of carbonyl (C=O) groups excluding carboxylic acids is 1. The van der Waals surface area contributed by atoms with E-state index >= 15 is 0 Å². The fourth-order valence-electron chi connectivity index (χ4n) is 9.74. The van der Waals surface area contributed by atoms with Crippen LogP contribution in [-0.2, 0) is 23.7 Å². The Labute approximate surface area is 442 Å². The summed E-state index contributed by atoms with van der Waals surface area (Å²) >= 11 is 0. The molecular formula is C59H109NO13. The third-order valence-electron chi connectivity index (χ3n) is 14.6. The highest BCUT2D eigenvalue weighted by atomic mass is 16.7. The van der Waals surface area contributed by atoms with Crippen LogP contribution in [0.3, 0.4) is 0 Å². The molecule has 0 bridgehead atoms. The van der Waals surface area contributed by atoms with Gasteiger partial charge in [-0.2, -0.15) is 0 Å². The van der Waals surface area contributed by atoms with Crippen molar-refractivity contribution in [3.63, 3.8) is 0 Å². The van der Waals surface area contributed by atoms with Crippen molar-refractivity contribution in [1.82, 2.24) is 5.32 Å². The van der Waals surface area contributed by atoms with Gasteiger partial charge in [0.05, 0.1) is 32.0 Å². The van der Waals surface area contributed by atoms with Crippen LogP contribution in [0.1, 0.15) is 239 Å². The summed E-state index contributed by atoms with van der Waals surface area (Å²) in [5.41, 5.74) is 0. The molecule has 1 amide bonds. The maximum Gasteiger partial charge on any atom is 0.220 e. The highest BCUT2D eigenvalue weighted by Crippen LogP contribution is 2.30. The predicted molar refractivity (Wildman–Crippen MR) is 291 cm³/mol. The van der Waals surface area contributed by atoms with Crippen LogP contribution < -0.4 is 5.32 Å². The van der Waals surface area contributed by atoms with Crippen molar-refractivity contribution in [2.24, 2.45) is 0 Å². The Morgan fingerprint density at radius 3 is 1.34 bits per heavy atom. The number of allylic oxidation sites excluding steroid dienone is 5. The first-order valence-electron chi connectivity index (χ1n) is 29.7. The molecule has 0 aliphatic carbocycles. The molecule has 0 radical (unpaired) electrons. The largest absolute Gasteiger partial charge is 0.394 e. The zero-order valence-corrected chi connectivity index (χ0v) is 45.9. The fourth-order valence-corrected chi connectivity index (χ4v) is 9.74. The third kappa shape index (κ3) is 31.3. The van der Waals surface area contributed by atoms with Gasteiger partial charge >= 0.3 is 0 Å². The first kappa shape index (κ1) is 67.3. The smallest absolute Gasteiger partial charge is 0.220 e. The van der Waals surface area contributed by atoms with Gasteiger partial charge in [-0.15, -0.1) is 0 Å². The van der Waals surface area contributed by atoms with Crippen LogP contribution in [0.2, 0.25) is 0 Å². The Bertz CT molecular complexity index is 1370. The normalized spacial score (nSPS) is 25.6. The number of hydrogen-bond acceptors (Lipinski definition) is 13. The molecule has 14 heteroatoms. The van der Waals surface area contributed by atoms with Crippen molar-refractivity contribution in [3.05, 3.63) is 36.5 Å². The second-order valence-electron chi connectivity index (χ2n) is 21.1. The molecule has 0 aromatic rings. The Balaban J connectivity index is 1.80. The lowest BCUT2D eigenvalue weighted by Crippen LogP contribution is -2.65. The first-order valence-corrected chi connectivity index (χ1v) is 29.7. The summed E-state index contributed by atoms with van der Waals surface area (Å²) < 4.78 is 22.7. The van der Waals surface area contributed by atoms with Crippen molar-refractivity contribution in [3.8, 4) is 0 Å². The molecule has 2 fully saturated rings. The van der Waals surface area contributed by atoms with Crippen LogP contribution >= 0.6 is 0 Å².